The molecule has 5 aromatic rings. The Morgan fingerprint density at radius 1 is 1.00 bits per heavy atom. The zero-order chi connectivity index (χ0) is 24.5. The van der Waals surface area contributed by atoms with E-state index >= 15 is 0 Å². The van der Waals surface area contributed by atoms with Crippen molar-refractivity contribution in [1.82, 2.24) is 19.1 Å². The lowest BCUT2D eigenvalue weighted by atomic mass is 10.2. The van der Waals surface area contributed by atoms with Crippen molar-refractivity contribution in [2.24, 2.45) is 7.05 Å². The third kappa shape index (κ3) is 4.24. The van der Waals surface area contributed by atoms with Gasteiger partial charge in [0.1, 0.15) is 23.4 Å². The fourth-order valence-electron chi connectivity index (χ4n) is 3.57. The molecule has 2 aromatic carbocycles. The van der Waals surface area contributed by atoms with Crippen LogP contribution in [0, 0.1) is 11.6 Å². The molecule has 0 bridgehead atoms. The van der Waals surface area contributed by atoms with E-state index in [2.05, 4.69) is 15.3 Å². The number of aryl methyl sites for hydroxylation is 1. The van der Waals surface area contributed by atoms with E-state index in [0.717, 1.165) is 6.07 Å². The second kappa shape index (κ2) is 8.82. The first-order valence-electron chi connectivity index (χ1n) is 10.4. The normalized spacial score (nSPS) is 10.9. The van der Waals surface area contributed by atoms with Crippen molar-refractivity contribution in [3.8, 4) is 17.3 Å². The molecule has 0 fully saturated rings. The molecule has 8 nitrogen and oxygen atoms in total. The van der Waals surface area contributed by atoms with Crippen LogP contribution < -0.4 is 15.6 Å². The van der Waals surface area contributed by atoms with E-state index < -0.39 is 23.1 Å². The van der Waals surface area contributed by atoms with Gasteiger partial charge in [0.25, 0.3) is 11.5 Å². The Hall–Kier alpha value is -4.86. The Kier molecular flexibility index (Phi) is 5.54. The maximum Gasteiger partial charge on any atom is 0.267 e. The van der Waals surface area contributed by atoms with Gasteiger partial charge in [-0.25, -0.2) is 18.7 Å². The lowest BCUT2D eigenvalue weighted by Gasteiger charge is -2.11. The van der Waals surface area contributed by atoms with E-state index in [-0.39, 0.29) is 22.9 Å². The summed E-state index contributed by atoms with van der Waals surface area (Å²) in [7, 11) is 1.82. The minimum absolute atomic E-state index is 0.0924. The van der Waals surface area contributed by atoms with Crippen molar-refractivity contribution >= 4 is 22.6 Å². The summed E-state index contributed by atoms with van der Waals surface area (Å²) in [6, 6.07) is 13.8. The number of pyridine rings is 1. The van der Waals surface area contributed by atoms with E-state index in [1.54, 1.807) is 16.8 Å². The largest absolute Gasteiger partial charge is 0.435 e. The average Bonchev–Trinajstić information content (AvgIpc) is 3.23. The Balaban J connectivity index is 1.37. The number of nitrogens with zero attached hydrogens (tertiary/aromatic N) is 4. The molecule has 0 atom stereocenters. The van der Waals surface area contributed by atoms with Gasteiger partial charge in [-0.3, -0.25) is 14.2 Å². The summed E-state index contributed by atoms with van der Waals surface area (Å²) in [6.07, 6.45) is 4.58. The molecule has 0 radical (unpaired) electrons. The Morgan fingerprint density at radius 3 is 2.57 bits per heavy atom. The van der Waals surface area contributed by atoms with Gasteiger partial charge < -0.3 is 14.6 Å². The Bertz CT molecular complexity index is 1630. The molecule has 0 aliphatic heterocycles. The lowest BCUT2D eigenvalue weighted by Crippen LogP contribution is -2.27. The van der Waals surface area contributed by atoms with Crippen molar-refractivity contribution < 1.29 is 18.3 Å². The number of carbonyl (C=O) groups excluding carboxylic acids is 1. The number of carbonyl (C=O) groups is 1. The molecule has 174 valence electrons. The maximum absolute atomic E-state index is 14.8. The van der Waals surface area contributed by atoms with Gasteiger partial charge in [-0.2, -0.15) is 0 Å². The van der Waals surface area contributed by atoms with Crippen LogP contribution in [0.25, 0.3) is 16.7 Å². The molecular weight excluding hydrogens is 456 g/mol. The molecule has 1 N–H and O–H groups in total. The lowest BCUT2D eigenvalue weighted by molar-refractivity contribution is 0.102. The van der Waals surface area contributed by atoms with Crippen molar-refractivity contribution in [3.63, 3.8) is 0 Å². The monoisotopic (exact) mass is 473 g/mol. The van der Waals surface area contributed by atoms with Crippen LogP contribution >= 0.6 is 0 Å². The zero-order valence-electron chi connectivity index (χ0n) is 18.3. The first-order valence-corrected chi connectivity index (χ1v) is 10.4. The minimum atomic E-state index is -0.734. The molecule has 35 heavy (non-hydrogen) atoms. The molecule has 0 unspecified atom stereocenters. The SMILES string of the molecule is Cn1ccc2c(Oc3ccc(NC(=O)c4cccn(-c5ccc(F)cc5)c4=O)cc3F)ncnc21. The fourth-order valence-corrected chi connectivity index (χ4v) is 3.57. The number of fused-ring (bicyclic) bond motifs is 1. The summed E-state index contributed by atoms with van der Waals surface area (Å²) < 4.78 is 36.6. The molecular formula is C25H17F2N5O3. The molecule has 0 spiro atoms. The highest BCUT2D eigenvalue weighted by Gasteiger charge is 2.16. The maximum atomic E-state index is 14.8. The number of nitrogens with one attached hydrogen (secondary N) is 1. The summed E-state index contributed by atoms with van der Waals surface area (Å²) in [5, 5.41) is 3.13. The summed E-state index contributed by atoms with van der Waals surface area (Å²) in [6.45, 7) is 0. The fraction of sp³-hybridized carbons (Fsp3) is 0.0400. The zero-order valence-corrected chi connectivity index (χ0v) is 18.3. The molecule has 0 saturated carbocycles. The quantitative estimate of drug-likeness (QED) is 0.408. The average molecular weight is 473 g/mol. The first-order chi connectivity index (χ1) is 16.9. The first kappa shape index (κ1) is 22.0. The number of benzene rings is 2. The van der Waals surface area contributed by atoms with Gasteiger partial charge >= 0.3 is 0 Å². The summed E-state index contributed by atoms with van der Waals surface area (Å²) in [5.74, 6) is -1.80. The Morgan fingerprint density at radius 2 is 1.80 bits per heavy atom. The van der Waals surface area contributed by atoms with Gasteiger partial charge in [0, 0.05) is 36.9 Å². The van der Waals surface area contributed by atoms with Crippen LogP contribution in [0.3, 0.4) is 0 Å². The second-order valence-electron chi connectivity index (χ2n) is 7.62. The molecule has 1 amide bonds. The van der Waals surface area contributed by atoms with E-state index in [1.165, 1.54) is 65.6 Å². The molecule has 3 heterocycles. The predicted molar refractivity (Wildman–Crippen MR) is 125 cm³/mol. The van der Waals surface area contributed by atoms with E-state index in [4.69, 9.17) is 4.74 Å². The third-order valence-electron chi connectivity index (χ3n) is 5.32. The highest BCUT2D eigenvalue weighted by atomic mass is 19.1. The minimum Gasteiger partial charge on any atom is -0.435 e. The number of hydrogen-bond donors (Lipinski definition) is 1. The Labute approximate surface area is 197 Å². The highest BCUT2D eigenvalue weighted by molar-refractivity contribution is 6.04. The van der Waals surface area contributed by atoms with Crippen LogP contribution in [0.1, 0.15) is 10.4 Å². The third-order valence-corrected chi connectivity index (χ3v) is 5.32. The van der Waals surface area contributed by atoms with Gasteiger partial charge in [0.2, 0.25) is 5.88 Å². The number of amides is 1. The van der Waals surface area contributed by atoms with Crippen LogP contribution in [0.15, 0.2) is 84.2 Å². The standard InChI is InChI=1S/C25H17F2N5O3/c1-31-12-10-18-22(31)28-14-29-24(18)35-21-9-6-16(13-20(21)27)30-23(33)19-3-2-11-32(25(19)34)17-7-4-15(26)5-8-17/h2-14H,1H3,(H,30,33). The van der Waals surface area contributed by atoms with Crippen molar-refractivity contribution in [2.45, 2.75) is 0 Å². The summed E-state index contributed by atoms with van der Waals surface area (Å²) >= 11 is 0. The van der Waals surface area contributed by atoms with E-state index in [0.29, 0.717) is 16.7 Å². The topological polar surface area (TPSA) is 91.0 Å². The summed E-state index contributed by atoms with van der Waals surface area (Å²) in [4.78, 5) is 33.8. The number of halogens is 2. The van der Waals surface area contributed by atoms with E-state index in [1.807, 2.05) is 7.05 Å². The number of anilines is 1. The van der Waals surface area contributed by atoms with Crippen molar-refractivity contribution in [1.29, 1.82) is 0 Å². The smallest absolute Gasteiger partial charge is 0.267 e. The number of ether oxygens (including phenoxy) is 1. The van der Waals surface area contributed by atoms with Gasteiger partial charge in [-0.05, 0) is 54.6 Å². The highest BCUT2D eigenvalue weighted by Crippen LogP contribution is 2.30. The number of aromatic nitrogens is 4. The number of rotatable bonds is 5. The van der Waals surface area contributed by atoms with Crippen LogP contribution in [-0.2, 0) is 7.05 Å². The molecule has 0 aliphatic carbocycles. The van der Waals surface area contributed by atoms with Crippen molar-refractivity contribution in [2.75, 3.05) is 5.32 Å². The molecule has 5 rings (SSSR count). The molecule has 0 aliphatic rings. The van der Waals surface area contributed by atoms with Crippen LogP contribution in [0.2, 0.25) is 0 Å². The van der Waals surface area contributed by atoms with Crippen LogP contribution in [-0.4, -0.2) is 25.0 Å². The van der Waals surface area contributed by atoms with Gasteiger partial charge in [-0.15, -0.1) is 0 Å². The summed E-state index contributed by atoms with van der Waals surface area (Å²) in [5.41, 5.74) is 0.394. The van der Waals surface area contributed by atoms with Crippen LogP contribution in [0.4, 0.5) is 14.5 Å². The second-order valence-corrected chi connectivity index (χ2v) is 7.62. The van der Waals surface area contributed by atoms with Gasteiger partial charge in [0.05, 0.1) is 5.39 Å². The van der Waals surface area contributed by atoms with Crippen molar-refractivity contribution in [3.05, 3.63) is 107 Å². The predicted octanol–water partition coefficient (Wildman–Crippen LogP) is 4.44. The van der Waals surface area contributed by atoms with E-state index in [9.17, 15) is 18.4 Å². The van der Waals surface area contributed by atoms with Gasteiger partial charge in [0.15, 0.2) is 11.6 Å². The van der Waals surface area contributed by atoms with Gasteiger partial charge in [-0.1, -0.05) is 0 Å². The molecule has 10 heteroatoms. The number of hydrogen-bond acceptors (Lipinski definition) is 5. The van der Waals surface area contributed by atoms with Crippen LogP contribution in [0.5, 0.6) is 11.6 Å². The molecule has 0 saturated heterocycles. The molecule has 3 aromatic heterocycles.